The van der Waals surface area contributed by atoms with Gasteiger partial charge in [0.15, 0.2) is 0 Å². The van der Waals surface area contributed by atoms with Crippen molar-refractivity contribution in [1.29, 1.82) is 5.26 Å². The van der Waals surface area contributed by atoms with Gasteiger partial charge in [0.1, 0.15) is 17.9 Å². The number of aryl methyl sites for hydroxylation is 1. The molecule has 33 heavy (non-hydrogen) atoms. The normalized spacial score (nSPS) is 17.9. The fourth-order valence-corrected chi connectivity index (χ4v) is 4.90. The average molecular weight is 438 g/mol. The summed E-state index contributed by atoms with van der Waals surface area (Å²) in [6.45, 7) is 2.47. The highest BCUT2D eigenvalue weighted by Crippen LogP contribution is 2.45. The summed E-state index contributed by atoms with van der Waals surface area (Å²) in [5.74, 6) is 1.53. The second-order valence-corrected chi connectivity index (χ2v) is 9.05. The number of nitriles is 1. The smallest absolute Gasteiger partial charge is 0.245 e. The molecule has 0 saturated heterocycles. The van der Waals surface area contributed by atoms with Gasteiger partial charge in [-0.1, -0.05) is 12.1 Å². The molecule has 2 aliphatic rings. The zero-order chi connectivity index (χ0) is 22.9. The number of pyridine rings is 1. The van der Waals surface area contributed by atoms with E-state index in [1.807, 2.05) is 51.5 Å². The van der Waals surface area contributed by atoms with Crippen LogP contribution in [0.3, 0.4) is 0 Å². The van der Waals surface area contributed by atoms with Crippen LogP contribution >= 0.6 is 0 Å². The number of benzene rings is 1. The van der Waals surface area contributed by atoms with Gasteiger partial charge in [-0.15, -0.1) is 0 Å². The van der Waals surface area contributed by atoms with E-state index < -0.39 is 0 Å². The summed E-state index contributed by atoms with van der Waals surface area (Å²) in [5, 5.41) is 15.0. The van der Waals surface area contributed by atoms with Crippen molar-refractivity contribution >= 4 is 16.8 Å². The number of amides is 1. The molecular formula is C25H23N7O. The van der Waals surface area contributed by atoms with E-state index in [-0.39, 0.29) is 11.9 Å². The highest BCUT2D eigenvalue weighted by Gasteiger charge is 2.38. The quantitative estimate of drug-likeness (QED) is 0.486. The van der Waals surface area contributed by atoms with Crippen LogP contribution in [0.15, 0.2) is 36.7 Å². The van der Waals surface area contributed by atoms with E-state index in [1.165, 1.54) is 0 Å². The van der Waals surface area contributed by atoms with Crippen molar-refractivity contribution < 1.29 is 4.79 Å². The fraction of sp³-hybridized carbons (Fsp3) is 0.320. The first-order chi connectivity index (χ1) is 16.0. The van der Waals surface area contributed by atoms with Crippen LogP contribution in [0.5, 0.6) is 0 Å². The van der Waals surface area contributed by atoms with Gasteiger partial charge in [0, 0.05) is 42.7 Å². The van der Waals surface area contributed by atoms with Crippen LogP contribution in [-0.4, -0.2) is 42.2 Å². The van der Waals surface area contributed by atoms with Gasteiger partial charge < -0.3 is 9.47 Å². The molecule has 164 valence electrons. The Morgan fingerprint density at radius 1 is 1.15 bits per heavy atom. The highest BCUT2D eigenvalue weighted by molar-refractivity contribution is 5.97. The van der Waals surface area contributed by atoms with Crippen molar-refractivity contribution in [2.75, 3.05) is 7.05 Å². The summed E-state index contributed by atoms with van der Waals surface area (Å²) in [5.41, 5.74) is 5.61. The lowest BCUT2D eigenvalue weighted by molar-refractivity contribution is -0.135. The third-order valence-corrected chi connectivity index (χ3v) is 6.70. The minimum atomic E-state index is -0.268. The third-order valence-electron chi connectivity index (χ3n) is 6.70. The number of rotatable bonds is 3. The molecule has 1 fully saturated rings. The summed E-state index contributed by atoms with van der Waals surface area (Å²) >= 11 is 0. The molecule has 1 aromatic carbocycles. The second kappa shape index (κ2) is 7.01. The minimum absolute atomic E-state index is 0.112. The van der Waals surface area contributed by atoms with Crippen molar-refractivity contribution in [3.8, 4) is 28.6 Å². The van der Waals surface area contributed by atoms with Crippen LogP contribution in [-0.2, 0) is 18.4 Å². The number of nitrogens with zero attached hydrogens (tertiary/aromatic N) is 7. The van der Waals surface area contributed by atoms with Gasteiger partial charge in [0.2, 0.25) is 5.91 Å². The monoisotopic (exact) mass is 437 g/mol. The molecule has 1 amide bonds. The van der Waals surface area contributed by atoms with Crippen LogP contribution in [0.4, 0.5) is 0 Å². The lowest BCUT2D eigenvalue weighted by Crippen LogP contribution is -2.39. The lowest BCUT2D eigenvalue weighted by atomic mass is 9.99. The number of hydrogen-bond acceptors (Lipinski definition) is 5. The molecule has 0 spiro atoms. The molecule has 1 aliphatic heterocycles. The van der Waals surface area contributed by atoms with E-state index in [2.05, 4.69) is 15.7 Å². The predicted molar refractivity (Wildman–Crippen MR) is 123 cm³/mol. The van der Waals surface area contributed by atoms with Gasteiger partial charge in [0.05, 0.1) is 40.9 Å². The second-order valence-electron chi connectivity index (χ2n) is 9.05. The molecule has 0 unspecified atom stereocenters. The Labute approximate surface area is 191 Å². The number of likely N-dealkylation sites (N-methyl/N-ethyl adjacent to an activating group) is 1. The summed E-state index contributed by atoms with van der Waals surface area (Å²) in [6, 6.07) is 9.93. The van der Waals surface area contributed by atoms with E-state index in [1.54, 1.807) is 15.8 Å². The Morgan fingerprint density at radius 3 is 2.67 bits per heavy atom. The van der Waals surface area contributed by atoms with Gasteiger partial charge in [-0.2, -0.15) is 10.4 Å². The van der Waals surface area contributed by atoms with Gasteiger partial charge >= 0.3 is 0 Å². The Morgan fingerprint density at radius 2 is 1.97 bits per heavy atom. The molecule has 4 aromatic rings. The molecule has 1 saturated carbocycles. The number of imidazole rings is 1. The Bertz CT molecular complexity index is 1480. The van der Waals surface area contributed by atoms with Gasteiger partial charge in [-0.05, 0) is 31.9 Å². The van der Waals surface area contributed by atoms with E-state index in [0.717, 1.165) is 52.1 Å². The maximum atomic E-state index is 12.7. The molecule has 8 heteroatoms. The largest absolute Gasteiger partial charge is 0.338 e. The standard InChI is InChI=1S/C25H23N7O/c1-14-25(33)30(2)13-21-23(29-24(32(14)21)15-7-8-15)18-5-4-6-20-19(18)9-16(10-26)22(28-20)17-11-27-31(3)12-17/h4-6,9,11-12,14-15H,7-8,13H2,1-3H3/t14-/m0/s1. The van der Waals surface area contributed by atoms with E-state index in [0.29, 0.717) is 23.7 Å². The molecule has 0 radical (unpaired) electrons. The molecular weight excluding hydrogens is 414 g/mol. The molecule has 1 atom stereocenters. The predicted octanol–water partition coefficient (Wildman–Crippen LogP) is 3.78. The third kappa shape index (κ3) is 2.96. The Hall–Kier alpha value is -3.99. The van der Waals surface area contributed by atoms with E-state index in [9.17, 15) is 10.1 Å². The summed E-state index contributed by atoms with van der Waals surface area (Å²) in [7, 11) is 3.69. The zero-order valence-electron chi connectivity index (χ0n) is 18.8. The molecule has 0 bridgehead atoms. The number of fused-ring (bicyclic) bond motifs is 2. The number of aromatic nitrogens is 5. The molecule has 0 N–H and O–H groups in total. The fourth-order valence-electron chi connectivity index (χ4n) is 4.90. The molecule has 6 rings (SSSR count). The summed E-state index contributed by atoms with van der Waals surface area (Å²) in [6.07, 6.45) is 5.80. The van der Waals surface area contributed by atoms with Crippen LogP contribution in [0.1, 0.15) is 48.8 Å². The SMILES string of the molecule is C[C@H]1C(=O)N(C)Cc2c(-c3cccc4nc(-c5cnn(C)c5)c(C#N)cc34)nc(C3CC3)n21. The van der Waals surface area contributed by atoms with Crippen molar-refractivity contribution in [2.24, 2.45) is 7.05 Å². The van der Waals surface area contributed by atoms with E-state index in [4.69, 9.17) is 9.97 Å². The molecule has 1 aliphatic carbocycles. The van der Waals surface area contributed by atoms with Crippen molar-refractivity contribution in [1.82, 2.24) is 29.2 Å². The number of carbonyl (C=O) groups is 1. The van der Waals surface area contributed by atoms with Gasteiger partial charge in [-0.25, -0.2) is 9.97 Å². The number of carbonyl (C=O) groups excluding carboxylic acids is 1. The average Bonchev–Trinajstić information content (AvgIpc) is 3.47. The first kappa shape index (κ1) is 19.7. The highest BCUT2D eigenvalue weighted by atomic mass is 16.2. The van der Waals surface area contributed by atoms with Gasteiger partial charge in [-0.3, -0.25) is 9.48 Å². The Balaban J connectivity index is 1.59. The molecule has 3 aromatic heterocycles. The maximum absolute atomic E-state index is 12.7. The first-order valence-electron chi connectivity index (χ1n) is 11.2. The minimum Gasteiger partial charge on any atom is -0.338 e. The first-order valence-corrected chi connectivity index (χ1v) is 11.2. The topological polar surface area (TPSA) is 92.6 Å². The lowest BCUT2D eigenvalue weighted by Gasteiger charge is -2.31. The van der Waals surface area contributed by atoms with Crippen molar-refractivity contribution in [2.45, 2.75) is 38.3 Å². The van der Waals surface area contributed by atoms with Crippen LogP contribution < -0.4 is 0 Å². The molecule has 4 heterocycles. The van der Waals surface area contributed by atoms with Crippen molar-refractivity contribution in [3.05, 3.63) is 53.7 Å². The maximum Gasteiger partial charge on any atom is 0.245 e. The Kier molecular flexibility index (Phi) is 4.18. The summed E-state index contributed by atoms with van der Waals surface area (Å²) < 4.78 is 3.85. The zero-order valence-corrected chi connectivity index (χ0v) is 18.8. The van der Waals surface area contributed by atoms with Crippen LogP contribution in [0.2, 0.25) is 0 Å². The van der Waals surface area contributed by atoms with Crippen LogP contribution in [0.25, 0.3) is 33.4 Å². The van der Waals surface area contributed by atoms with Crippen molar-refractivity contribution in [3.63, 3.8) is 0 Å². The van der Waals surface area contributed by atoms with E-state index >= 15 is 0 Å². The number of hydrogen-bond donors (Lipinski definition) is 0. The van der Waals surface area contributed by atoms with Gasteiger partial charge in [0.25, 0.3) is 0 Å². The summed E-state index contributed by atoms with van der Waals surface area (Å²) in [4.78, 5) is 24.4. The van der Waals surface area contributed by atoms with Crippen LogP contribution in [0, 0.1) is 11.3 Å². The molecule has 8 nitrogen and oxygen atoms in total.